The van der Waals surface area contributed by atoms with Crippen molar-refractivity contribution in [1.82, 2.24) is 24.8 Å². The van der Waals surface area contributed by atoms with Crippen molar-refractivity contribution in [3.8, 4) is 0 Å². The summed E-state index contributed by atoms with van der Waals surface area (Å²) in [5.41, 5.74) is 4.44. The van der Waals surface area contributed by atoms with Gasteiger partial charge in [0, 0.05) is 50.2 Å². The van der Waals surface area contributed by atoms with Crippen molar-refractivity contribution < 1.29 is 9.59 Å². The summed E-state index contributed by atoms with van der Waals surface area (Å²) in [6.45, 7) is 6.95. The average molecular weight is 507 g/mol. The zero-order chi connectivity index (χ0) is 25.3. The number of anilines is 1. The molecule has 0 spiro atoms. The summed E-state index contributed by atoms with van der Waals surface area (Å²) in [5, 5.41) is 7.00. The highest BCUT2D eigenvalue weighted by Gasteiger charge is 2.20. The summed E-state index contributed by atoms with van der Waals surface area (Å²) in [4.78, 5) is 35.2. The van der Waals surface area contributed by atoms with E-state index in [0.29, 0.717) is 25.2 Å². The molecule has 0 saturated heterocycles. The second-order valence-corrected chi connectivity index (χ2v) is 10.2. The van der Waals surface area contributed by atoms with E-state index in [-0.39, 0.29) is 11.8 Å². The Morgan fingerprint density at radius 3 is 2.61 bits per heavy atom. The van der Waals surface area contributed by atoms with Crippen LogP contribution in [0.1, 0.15) is 71.1 Å². The second-order valence-electron chi connectivity index (χ2n) is 9.32. The Morgan fingerprint density at radius 2 is 1.89 bits per heavy atom. The van der Waals surface area contributed by atoms with Crippen LogP contribution in [-0.2, 0) is 24.4 Å². The molecule has 0 unspecified atom stereocenters. The summed E-state index contributed by atoms with van der Waals surface area (Å²) in [7, 11) is 0. The molecule has 36 heavy (non-hydrogen) atoms. The van der Waals surface area contributed by atoms with Crippen LogP contribution in [0.25, 0.3) is 0 Å². The Morgan fingerprint density at radius 1 is 1.08 bits per heavy atom. The van der Waals surface area contributed by atoms with E-state index in [2.05, 4.69) is 30.9 Å². The normalized spacial score (nSPS) is 15.4. The first-order chi connectivity index (χ1) is 17.5. The zero-order valence-corrected chi connectivity index (χ0v) is 21.9. The number of nitrogens with one attached hydrogen (secondary N) is 1. The van der Waals surface area contributed by atoms with Crippen LogP contribution >= 0.6 is 11.5 Å². The van der Waals surface area contributed by atoms with Gasteiger partial charge in [0.05, 0.1) is 17.1 Å². The predicted octanol–water partition coefficient (Wildman–Crippen LogP) is 4.49. The molecule has 1 aliphatic heterocycles. The molecular formula is C27H34N6O2S. The highest BCUT2D eigenvalue weighted by Crippen LogP contribution is 2.27. The van der Waals surface area contributed by atoms with Gasteiger partial charge in [-0.3, -0.25) is 19.5 Å². The van der Waals surface area contributed by atoms with Gasteiger partial charge in [0.2, 0.25) is 5.91 Å². The van der Waals surface area contributed by atoms with Gasteiger partial charge in [-0.05, 0) is 73.2 Å². The van der Waals surface area contributed by atoms with Crippen molar-refractivity contribution >= 4 is 29.0 Å². The van der Waals surface area contributed by atoms with Crippen LogP contribution in [0.4, 0.5) is 5.69 Å². The summed E-state index contributed by atoms with van der Waals surface area (Å²) < 4.78 is 3.94. The number of carbonyl (C=O) groups is 2. The van der Waals surface area contributed by atoms with E-state index in [1.807, 2.05) is 42.3 Å². The first-order valence-corrected chi connectivity index (χ1v) is 13.4. The average Bonchev–Trinajstić information content (AvgIpc) is 3.28. The minimum Gasteiger partial charge on any atom is -0.347 e. The minimum absolute atomic E-state index is 0.0255. The largest absolute Gasteiger partial charge is 0.347 e. The predicted molar refractivity (Wildman–Crippen MR) is 142 cm³/mol. The number of aromatic nitrogens is 3. The lowest BCUT2D eigenvalue weighted by Crippen LogP contribution is -2.33. The Labute approximate surface area is 216 Å². The number of hydrogen-bond acceptors (Lipinski definition) is 7. The molecule has 0 atom stereocenters. The van der Waals surface area contributed by atoms with Crippen molar-refractivity contribution in [1.29, 1.82) is 0 Å². The molecule has 0 aliphatic carbocycles. The lowest BCUT2D eigenvalue weighted by Gasteiger charge is -2.29. The molecule has 1 N–H and O–H groups in total. The standard InChI is InChI=1S/C27H34N6O2S/c1-20-26(36-31-30-20)17-29-27(35)23-10-11-25-24(15-23)19-32(18-22-9-8-12-28-16-22)13-6-4-3-5-7-14-33(25)21(2)34/h8-12,15-16H,3-7,13-14,17-19H2,1-2H3,(H,29,35). The van der Waals surface area contributed by atoms with Crippen molar-refractivity contribution in [2.45, 2.75) is 65.6 Å². The van der Waals surface area contributed by atoms with Gasteiger partial charge in [-0.1, -0.05) is 29.8 Å². The van der Waals surface area contributed by atoms with Crippen LogP contribution in [0.3, 0.4) is 0 Å². The maximum Gasteiger partial charge on any atom is 0.251 e. The van der Waals surface area contributed by atoms with E-state index in [1.54, 1.807) is 13.1 Å². The molecule has 1 aromatic carbocycles. The third-order valence-corrected chi connectivity index (χ3v) is 7.37. The summed E-state index contributed by atoms with van der Waals surface area (Å²) >= 11 is 1.30. The van der Waals surface area contributed by atoms with E-state index >= 15 is 0 Å². The van der Waals surface area contributed by atoms with Gasteiger partial charge < -0.3 is 10.2 Å². The highest BCUT2D eigenvalue weighted by atomic mass is 32.1. The summed E-state index contributed by atoms with van der Waals surface area (Å²) in [6.07, 6.45) is 9.23. The maximum atomic E-state index is 13.1. The van der Waals surface area contributed by atoms with E-state index in [9.17, 15) is 9.59 Å². The van der Waals surface area contributed by atoms with E-state index in [4.69, 9.17) is 0 Å². The van der Waals surface area contributed by atoms with Gasteiger partial charge in [-0.15, -0.1) is 5.10 Å². The van der Waals surface area contributed by atoms with Gasteiger partial charge in [0.15, 0.2) is 0 Å². The lowest BCUT2D eigenvalue weighted by molar-refractivity contribution is -0.116. The first kappa shape index (κ1) is 25.9. The Hall–Kier alpha value is -3.17. The molecule has 0 bridgehead atoms. The third kappa shape index (κ3) is 6.95. The van der Waals surface area contributed by atoms with E-state index < -0.39 is 0 Å². The minimum atomic E-state index is -0.148. The molecule has 0 saturated carbocycles. The fraction of sp³-hybridized carbons (Fsp3) is 0.444. The maximum absolute atomic E-state index is 13.1. The monoisotopic (exact) mass is 506 g/mol. The summed E-state index contributed by atoms with van der Waals surface area (Å²) in [6, 6.07) is 9.74. The molecule has 9 heteroatoms. The first-order valence-electron chi connectivity index (χ1n) is 12.6. The fourth-order valence-corrected chi connectivity index (χ4v) is 5.15. The highest BCUT2D eigenvalue weighted by molar-refractivity contribution is 7.05. The Balaban J connectivity index is 1.62. The molecule has 190 valence electrons. The van der Waals surface area contributed by atoms with Crippen molar-refractivity contribution in [3.05, 3.63) is 70.0 Å². The quantitative estimate of drug-likeness (QED) is 0.548. The van der Waals surface area contributed by atoms with Crippen LogP contribution in [0, 0.1) is 6.92 Å². The molecule has 0 fully saturated rings. The third-order valence-electron chi connectivity index (χ3n) is 6.55. The lowest BCUT2D eigenvalue weighted by atomic mass is 10.0. The molecule has 0 radical (unpaired) electrons. The van der Waals surface area contributed by atoms with Gasteiger partial charge in [-0.2, -0.15) is 0 Å². The smallest absolute Gasteiger partial charge is 0.251 e. The number of rotatable bonds is 5. The van der Waals surface area contributed by atoms with Crippen molar-refractivity contribution in [2.24, 2.45) is 0 Å². The van der Waals surface area contributed by atoms with Gasteiger partial charge in [0.1, 0.15) is 0 Å². The molecule has 4 rings (SSSR count). The fourth-order valence-electron chi connectivity index (χ4n) is 4.58. The number of benzene rings is 1. The van der Waals surface area contributed by atoms with Crippen LogP contribution in [0.5, 0.6) is 0 Å². The molecule has 1 aliphatic rings. The SMILES string of the molecule is CC(=O)N1CCCCCCCN(Cc2cccnc2)Cc2cc(C(=O)NCc3snnc3C)ccc21. The van der Waals surface area contributed by atoms with Crippen LogP contribution in [-0.4, -0.2) is 44.4 Å². The number of carbonyl (C=O) groups excluding carboxylic acids is 2. The van der Waals surface area contributed by atoms with Gasteiger partial charge in [0.25, 0.3) is 5.91 Å². The number of nitrogens with zero attached hydrogens (tertiary/aromatic N) is 5. The second kappa shape index (κ2) is 12.7. The zero-order valence-electron chi connectivity index (χ0n) is 21.1. The number of amides is 2. The van der Waals surface area contributed by atoms with Crippen LogP contribution in [0.2, 0.25) is 0 Å². The molecule has 8 nitrogen and oxygen atoms in total. The Bertz CT molecular complexity index is 1170. The van der Waals surface area contributed by atoms with Crippen molar-refractivity contribution in [2.75, 3.05) is 18.0 Å². The number of hydrogen-bond donors (Lipinski definition) is 1. The number of fused-ring (bicyclic) bond motifs is 1. The number of pyridine rings is 1. The van der Waals surface area contributed by atoms with Crippen molar-refractivity contribution in [3.63, 3.8) is 0 Å². The summed E-state index contributed by atoms with van der Waals surface area (Å²) in [5.74, 6) is -0.123. The van der Waals surface area contributed by atoms with E-state index in [0.717, 1.165) is 59.7 Å². The molecular weight excluding hydrogens is 472 g/mol. The van der Waals surface area contributed by atoms with E-state index in [1.165, 1.54) is 24.4 Å². The topological polar surface area (TPSA) is 91.3 Å². The van der Waals surface area contributed by atoms with Gasteiger partial charge in [-0.25, -0.2) is 0 Å². The van der Waals surface area contributed by atoms with Crippen LogP contribution < -0.4 is 10.2 Å². The molecule has 3 aromatic rings. The molecule has 2 amide bonds. The van der Waals surface area contributed by atoms with Crippen LogP contribution in [0.15, 0.2) is 42.7 Å². The molecule has 3 heterocycles. The van der Waals surface area contributed by atoms with Gasteiger partial charge >= 0.3 is 0 Å². The number of aryl methyl sites for hydroxylation is 1. The Kier molecular flexibility index (Phi) is 9.13. The molecule has 2 aromatic heterocycles.